The fourth-order valence-electron chi connectivity index (χ4n) is 14.7. The lowest BCUT2D eigenvalue weighted by Crippen LogP contribution is -2.41. The molecule has 0 bridgehead atoms. The number of halogens is 2. The van der Waals surface area contributed by atoms with Gasteiger partial charge in [-0.25, -0.2) is 33.9 Å². The van der Waals surface area contributed by atoms with Gasteiger partial charge in [0.1, 0.15) is 44.8 Å². The van der Waals surface area contributed by atoms with E-state index in [4.69, 9.17) is 49.6 Å². The van der Waals surface area contributed by atoms with E-state index in [0.29, 0.717) is 45.4 Å². The van der Waals surface area contributed by atoms with Crippen molar-refractivity contribution >= 4 is 155 Å². The first-order valence-corrected chi connectivity index (χ1v) is 42.7. The molecule has 15 rings (SSSR count). The number of carbonyl (C=O) groups is 8. The summed E-state index contributed by atoms with van der Waals surface area (Å²) in [6.07, 6.45) is 7.58. The second-order valence-corrected chi connectivity index (χ2v) is 38.2. The third-order valence-corrected chi connectivity index (χ3v) is 21.6. The number of fused-ring (bicyclic) bond motifs is 7. The number of ether oxygens (including phenoxy) is 5. The lowest BCUT2D eigenvalue weighted by molar-refractivity contribution is -0.112. The molecular formula is C95H116BBrClN13O15. The van der Waals surface area contributed by atoms with Crippen molar-refractivity contribution in [3.63, 3.8) is 0 Å². The zero-order chi connectivity index (χ0) is 93.6. The van der Waals surface area contributed by atoms with Gasteiger partial charge in [-0.05, 0) is 273 Å². The topological polar surface area (TPSA) is 318 Å². The van der Waals surface area contributed by atoms with Crippen LogP contribution in [-0.2, 0) is 44.2 Å². The van der Waals surface area contributed by atoms with E-state index >= 15 is 0 Å². The largest absolute Gasteiger partial charge is 0.497 e. The molecule has 126 heavy (non-hydrogen) atoms. The van der Waals surface area contributed by atoms with E-state index in [0.717, 1.165) is 93.7 Å². The first-order chi connectivity index (χ1) is 58.4. The standard InChI is InChI=1S/C25H29N5O4.C21H30BNO4.C15H18BrNO2.C14H17ClN4O3.C10H9NO2.C10H13N/c1-8-33-23(31)18-13-27-30-20(29(7)24(32)34-25(4,5)6)11-19(28-22(18)30)17-12-26-21-15(3)9-14(2)10-16(17)21;1-13-10-14(2)17-15(11-13)16(12-23(17)18(24)25-19(3,4)5)22-26-20(6,7)21(8,9)27-22;1-9-6-10(2)13-11(7-9)12(16)8-17(13)14(18)19-15(3,4)5;1-8(20)9-7-16-19-11(6-10(15)17-12(9)19)18(5)13(21)22-14(2,3)4;1-5-3-6(2)8-7(4-5)9(12)10(13)11-8;1-7-5-8(2)10-9(6-7)3-4-11-10/h9-13,26H,8H2,1-7H3;10-12H,1-9H3;6-8H,1-5H3;6-7H,1-5H3;3-4H,1-2H3,(H,11,12,13);5-6,11H,3-4H2,1-2H3. The number of hydrogen-bond acceptors (Lipinski definition) is 20. The number of nitrogens with zero attached hydrogens (tertiary/aromatic N) is 10. The van der Waals surface area contributed by atoms with Crippen molar-refractivity contribution in [3.05, 3.63) is 191 Å². The van der Waals surface area contributed by atoms with Gasteiger partial charge in [0.15, 0.2) is 17.1 Å². The molecule has 12 aromatic rings. The van der Waals surface area contributed by atoms with Crippen molar-refractivity contribution in [3.8, 4) is 11.3 Å². The fourth-order valence-corrected chi connectivity index (χ4v) is 15.4. The van der Waals surface area contributed by atoms with Crippen LogP contribution in [0.3, 0.4) is 0 Å². The van der Waals surface area contributed by atoms with Gasteiger partial charge < -0.3 is 48.6 Å². The highest BCUT2D eigenvalue weighted by atomic mass is 79.9. The van der Waals surface area contributed by atoms with E-state index in [9.17, 15) is 38.4 Å². The second kappa shape index (κ2) is 37.1. The van der Waals surface area contributed by atoms with Crippen molar-refractivity contribution in [2.75, 3.05) is 47.7 Å². The van der Waals surface area contributed by atoms with Crippen LogP contribution in [0.2, 0.25) is 5.15 Å². The number of Topliss-reactive ketones (excluding diaryl/α,β-unsaturated/α-hetero) is 2. The molecule has 0 saturated carbocycles. The van der Waals surface area contributed by atoms with Gasteiger partial charge in [-0.1, -0.05) is 76.3 Å². The smallest absolute Gasteiger partial charge is 0.462 e. The first-order valence-electron chi connectivity index (χ1n) is 41.5. The number of esters is 1. The Morgan fingerprint density at radius 2 is 1.01 bits per heavy atom. The number of ketones is 2. The zero-order valence-corrected chi connectivity index (χ0v) is 80.2. The maximum atomic E-state index is 12.9. The zero-order valence-electron chi connectivity index (χ0n) is 77.9. The van der Waals surface area contributed by atoms with Crippen LogP contribution in [0.4, 0.5) is 42.2 Å². The fraction of sp³-hybridized carbons (Fsp3) is 0.411. The molecule has 5 aromatic carbocycles. The van der Waals surface area contributed by atoms with Crippen molar-refractivity contribution in [2.24, 2.45) is 0 Å². The number of H-pyrrole nitrogens is 1. The van der Waals surface area contributed by atoms with Crippen LogP contribution < -0.4 is 25.9 Å². The Balaban J connectivity index is 0.000000163. The molecule has 0 radical (unpaired) electrons. The number of aryl methyl sites for hydroxylation is 10. The Hall–Kier alpha value is -11.7. The molecule has 0 aliphatic carbocycles. The lowest BCUT2D eigenvalue weighted by Gasteiger charge is -2.32. The summed E-state index contributed by atoms with van der Waals surface area (Å²) in [4.78, 5) is 112. The normalized spacial score (nSPS) is 13.8. The molecule has 28 nitrogen and oxygen atoms in total. The number of aromatic amines is 1. The third kappa shape index (κ3) is 22.0. The molecule has 1 fully saturated rings. The highest BCUT2D eigenvalue weighted by molar-refractivity contribution is 9.10. The molecule has 3 amide bonds. The average molecular weight is 1810 g/mol. The molecule has 10 heterocycles. The van der Waals surface area contributed by atoms with E-state index in [-0.39, 0.29) is 29.2 Å². The van der Waals surface area contributed by atoms with Gasteiger partial charge in [0.05, 0.1) is 63.7 Å². The molecule has 3 N–H and O–H groups in total. The van der Waals surface area contributed by atoms with E-state index in [1.165, 1.54) is 85.6 Å². The van der Waals surface area contributed by atoms with Crippen LogP contribution in [0.5, 0.6) is 0 Å². The number of rotatable bonds is 7. The van der Waals surface area contributed by atoms with Crippen LogP contribution in [0.15, 0.2) is 108 Å². The van der Waals surface area contributed by atoms with Gasteiger partial charge in [0.25, 0.3) is 11.7 Å². The molecule has 31 heteroatoms. The lowest BCUT2D eigenvalue weighted by atomic mass is 9.78. The molecule has 3 aliphatic heterocycles. The predicted octanol–water partition coefficient (Wildman–Crippen LogP) is 20.9. The number of benzene rings is 5. The van der Waals surface area contributed by atoms with Crippen LogP contribution in [0.1, 0.15) is 217 Å². The minimum atomic E-state index is -0.674. The van der Waals surface area contributed by atoms with Crippen molar-refractivity contribution in [1.82, 2.24) is 43.3 Å². The molecule has 0 unspecified atom stereocenters. The van der Waals surface area contributed by atoms with Gasteiger partial charge in [-0.15, -0.1) is 0 Å². The summed E-state index contributed by atoms with van der Waals surface area (Å²) in [6, 6.07) is 23.9. The summed E-state index contributed by atoms with van der Waals surface area (Å²) in [6.45, 7) is 54.8. The minimum Gasteiger partial charge on any atom is -0.462 e. The maximum absolute atomic E-state index is 12.9. The monoisotopic (exact) mass is 1800 g/mol. The van der Waals surface area contributed by atoms with Gasteiger partial charge in [-0.2, -0.15) is 19.2 Å². The highest BCUT2D eigenvalue weighted by Crippen LogP contribution is 2.40. The molecule has 0 atom stereocenters. The van der Waals surface area contributed by atoms with E-state index in [1.54, 1.807) is 89.2 Å². The number of aromatic nitrogens is 9. The summed E-state index contributed by atoms with van der Waals surface area (Å²) < 4.78 is 46.5. The number of anilines is 4. The van der Waals surface area contributed by atoms with Crippen LogP contribution in [0.25, 0.3) is 55.3 Å². The summed E-state index contributed by atoms with van der Waals surface area (Å²) >= 11 is 9.50. The molecule has 1 saturated heterocycles. The third-order valence-electron chi connectivity index (χ3n) is 20.7. The SMILES string of the molecule is CC(=O)c1cnn2c(N(C)C(=O)OC(C)(C)C)cc(Cl)nc12.CCOC(=O)c1cnn2c(N(C)C(=O)OC(C)(C)C)cc(-c3c[nH]c4c(C)cc(C)cc34)nc12.Cc1cc(C)c2c(c1)C(=O)C(=O)N2.Cc1cc(C)c2c(c1)CCN2.Cc1cc(C)c2c(c1)c(B1OC(C)(C)C(C)(C)O1)cn2C(=O)OC(C)(C)C.Cc1cc(C)c2c(c1)c(Br)cn2C(=O)OC(C)(C)C. The van der Waals surface area contributed by atoms with Gasteiger partial charge >= 0.3 is 37.5 Å². The maximum Gasteiger partial charge on any atom is 0.497 e. The van der Waals surface area contributed by atoms with Crippen LogP contribution in [0, 0.1) is 69.2 Å². The van der Waals surface area contributed by atoms with E-state index < -0.39 is 76.7 Å². The molecule has 7 aromatic heterocycles. The quantitative estimate of drug-likeness (QED) is 0.0333. The molecule has 0 spiro atoms. The molecule has 3 aliphatic rings. The Bertz CT molecular complexity index is 6280. The number of nitrogens with one attached hydrogen (secondary N) is 3. The minimum absolute atomic E-state index is 0.154. The van der Waals surface area contributed by atoms with Gasteiger partial charge in [0.2, 0.25) is 0 Å². The summed E-state index contributed by atoms with van der Waals surface area (Å²) in [5.41, 5.74) is 18.2. The van der Waals surface area contributed by atoms with Crippen LogP contribution >= 0.6 is 27.5 Å². The molecular weight excluding hydrogens is 1690 g/mol. The summed E-state index contributed by atoms with van der Waals surface area (Å²) in [7, 11) is 2.60. The van der Waals surface area contributed by atoms with Crippen molar-refractivity contribution in [2.45, 2.75) is 234 Å². The Morgan fingerprint density at radius 3 is 1.53 bits per heavy atom. The van der Waals surface area contributed by atoms with Crippen LogP contribution in [-0.4, -0.2) is 159 Å². The number of amides is 3. The Kier molecular flexibility index (Phi) is 28.4. The van der Waals surface area contributed by atoms with Crippen molar-refractivity contribution < 1.29 is 71.3 Å². The number of carbonyl (C=O) groups excluding carboxylic acids is 8. The first kappa shape index (κ1) is 96.5. The Morgan fingerprint density at radius 1 is 0.556 bits per heavy atom. The van der Waals surface area contributed by atoms with Crippen molar-refractivity contribution in [1.29, 1.82) is 0 Å². The van der Waals surface area contributed by atoms with Gasteiger partial charge in [0, 0.05) is 94.2 Å². The predicted molar refractivity (Wildman–Crippen MR) is 499 cm³/mol. The Labute approximate surface area is 749 Å². The summed E-state index contributed by atoms with van der Waals surface area (Å²) in [5, 5.41) is 17.5. The van der Waals surface area contributed by atoms with E-state index in [1.807, 2.05) is 137 Å². The van der Waals surface area contributed by atoms with Gasteiger partial charge in [-0.3, -0.25) is 33.3 Å². The average Bonchev–Trinajstić information content (AvgIpc) is 1.58. The van der Waals surface area contributed by atoms with E-state index in [2.05, 4.69) is 109 Å². The highest BCUT2D eigenvalue weighted by Gasteiger charge is 2.53. The molecule has 668 valence electrons. The number of hydrogen-bond donors (Lipinski definition) is 3. The second-order valence-electron chi connectivity index (χ2n) is 37.0. The summed E-state index contributed by atoms with van der Waals surface area (Å²) in [5.74, 6) is -0.903.